The summed E-state index contributed by atoms with van der Waals surface area (Å²) in [6, 6.07) is 16.8. The van der Waals surface area contributed by atoms with Gasteiger partial charge in [0.1, 0.15) is 5.75 Å². The van der Waals surface area contributed by atoms with Crippen LogP contribution in [0.5, 0.6) is 5.75 Å². The Balaban J connectivity index is 1.43. The number of hydrogen-bond acceptors (Lipinski definition) is 5. The van der Waals surface area contributed by atoms with Crippen molar-refractivity contribution in [3.63, 3.8) is 0 Å². The molecule has 174 valence electrons. The van der Waals surface area contributed by atoms with Gasteiger partial charge in [-0.1, -0.05) is 24.3 Å². The molecule has 3 aliphatic heterocycles. The Kier molecular flexibility index (Phi) is 5.87. The van der Waals surface area contributed by atoms with Gasteiger partial charge in [-0.05, 0) is 30.2 Å². The number of carbonyl (C=O) groups is 2. The van der Waals surface area contributed by atoms with Crippen LogP contribution in [0.1, 0.15) is 12.5 Å². The molecule has 7 nitrogen and oxygen atoms in total. The fourth-order valence-electron chi connectivity index (χ4n) is 5.54. The number of amides is 2. The molecule has 0 aliphatic carbocycles. The quantitative estimate of drug-likeness (QED) is 0.721. The number of benzene rings is 2. The molecular formula is C26H32N4O3. The van der Waals surface area contributed by atoms with Crippen molar-refractivity contribution in [1.82, 2.24) is 9.80 Å². The number of carbonyl (C=O) groups excluding carboxylic acids is 2. The third-order valence-electron chi connectivity index (χ3n) is 7.40. The van der Waals surface area contributed by atoms with E-state index in [4.69, 9.17) is 4.74 Å². The zero-order valence-electron chi connectivity index (χ0n) is 19.4. The number of ether oxygens (including phenoxy) is 1. The van der Waals surface area contributed by atoms with Crippen molar-refractivity contribution in [3.8, 4) is 5.75 Å². The molecule has 0 aromatic heterocycles. The summed E-state index contributed by atoms with van der Waals surface area (Å²) in [7, 11) is 1.70. The van der Waals surface area contributed by atoms with Crippen LogP contribution in [-0.4, -0.2) is 80.6 Å². The highest BCUT2D eigenvalue weighted by Crippen LogP contribution is 2.39. The van der Waals surface area contributed by atoms with Gasteiger partial charge < -0.3 is 24.3 Å². The molecule has 2 fully saturated rings. The van der Waals surface area contributed by atoms with Gasteiger partial charge in [0.2, 0.25) is 11.8 Å². The van der Waals surface area contributed by atoms with Crippen molar-refractivity contribution in [1.29, 1.82) is 0 Å². The van der Waals surface area contributed by atoms with Crippen LogP contribution in [0.3, 0.4) is 0 Å². The monoisotopic (exact) mass is 448 g/mol. The summed E-state index contributed by atoms with van der Waals surface area (Å²) in [6.45, 7) is 6.64. The van der Waals surface area contributed by atoms with E-state index in [1.54, 1.807) is 14.0 Å². The predicted octanol–water partition coefficient (Wildman–Crippen LogP) is 2.25. The largest absolute Gasteiger partial charge is 0.497 e. The highest BCUT2D eigenvalue weighted by Gasteiger charge is 2.43. The Morgan fingerprint density at radius 3 is 2.33 bits per heavy atom. The number of fused-ring (bicyclic) bond motifs is 3. The van der Waals surface area contributed by atoms with Crippen LogP contribution in [0.4, 0.5) is 11.4 Å². The first-order valence-electron chi connectivity index (χ1n) is 11.8. The number of rotatable bonds is 3. The molecule has 0 radical (unpaired) electrons. The molecule has 0 bridgehead atoms. The zero-order valence-corrected chi connectivity index (χ0v) is 19.4. The molecule has 2 aromatic carbocycles. The average Bonchev–Trinajstić information content (AvgIpc) is 2.87. The lowest BCUT2D eigenvalue weighted by molar-refractivity contribution is -0.142. The minimum atomic E-state index is -0.110. The third kappa shape index (κ3) is 4.12. The minimum Gasteiger partial charge on any atom is -0.497 e. The van der Waals surface area contributed by atoms with Crippen molar-refractivity contribution in [3.05, 3.63) is 54.1 Å². The van der Waals surface area contributed by atoms with Gasteiger partial charge in [0.15, 0.2) is 0 Å². The van der Waals surface area contributed by atoms with Crippen molar-refractivity contribution < 1.29 is 14.3 Å². The van der Waals surface area contributed by atoms with Gasteiger partial charge in [0, 0.05) is 70.2 Å². The van der Waals surface area contributed by atoms with Gasteiger partial charge in [0.25, 0.3) is 0 Å². The molecule has 2 unspecified atom stereocenters. The van der Waals surface area contributed by atoms with Gasteiger partial charge >= 0.3 is 0 Å². The molecular weight excluding hydrogens is 416 g/mol. The van der Waals surface area contributed by atoms with E-state index in [9.17, 15) is 9.59 Å². The van der Waals surface area contributed by atoms with Gasteiger partial charge in [0.05, 0.1) is 19.1 Å². The Morgan fingerprint density at radius 1 is 0.909 bits per heavy atom. The summed E-state index contributed by atoms with van der Waals surface area (Å²) in [5, 5.41) is 0. The fraction of sp³-hybridized carbons (Fsp3) is 0.462. The van der Waals surface area contributed by atoms with E-state index in [1.165, 1.54) is 16.9 Å². The number of para-hydroxylation sites is 1. The maximum absolute atomic E-state index is 13.8. The molecule has 2 saturated heterocycles. The summed E-state index contributed by atoms with van der Waals surface area (Å²) in [5.41, 5.74) is 3.60. The first-order chi connectivity index (χ1) is 16.0. The fourth-order valence-corrected chi connectivity index (χ4v) is 5.54. The highest BCUT2D eigenvalue weighted by molar-refractivity contribution is 5.83. The first kappa shape index (κ1) is 21.6. The van der Waals surface area contributed by atoms with Gasteiger partial charge in [-0.2, -0.15) is 0 Å². The van der Waals surface area contributed by atoms with E-state index in [2.05, 4.69) is 46.2 Å². The predicted molar refractivity (Wildman–Crippen MR) is 129 cm³/mol. The Hall–Kier alpha value is -3.22. The Bertz CT molecular complexity index is 1020. The smallest absolute Gasteiger partial charge is 0.228 e. The molecule has 3 heterocycles. The molecule has 0 spiro atoms. The van der Waals surface area contributed by atoms with Crippen LogP contribution < -0.4 is 14.5 Å². The van der Waals surface area contributed by atoms with Crippen LogP contribution in [-0.2, 0) is 16.0 Å². The molecule has 3 aliphatic rings. The minimum absolute atomic E-state index is 0.0830. The molecule has 7 heteroatoms. The van der Waals surface area contributed by atoms with E-state index < -0.39 is 0 Å². The molecule has 0 saturated carbocycles. The first-order valence-corrected chi connectivity index (χ1v) is 11.8. The normalized spacial score (nSPS) is 22.5. The number of methoxy groups -OCH3 is 1. The lowest BCUT2D eigenvalue weighted by Gasteiger charge is -2.50. The van der Waals surface area contributed by atoms with Crippen molar-refractivity contribution in [2.45, 2.75) is 19.4 Å². The van der Waals surface area contributed by atoms with Crippen LogP contribution in [0.15, 0.2) is 48.5 Å². The summed E-state index contributed by atoms with van der Waals surface area (Å²) in [5.74, 6) is 1.04. The van der Waals surface area contributed by atoms with Crippen LogP contribution in [0.2, 0.25) is 0 Å². The Labute approximate surface area is 195 Å². The number of hydrogen-bond donors (Lipinski definition) is 0. The summed E-state index contributed by atoms with van der Waals surface area (Å²) in [4.78, 5) is 34.2. The zero-order chi connectivity index (χ0) is 22.9. The third-order valence-corrected chi connectivity index (χ3v) is 7.40. The number of anilines is 2. The topological polar surface area (TPSA) is 56.3 Å². The maximum Gasteiger partial charge on any atom is 0.228 e. The van der Waals surface area contributed by atoms with E-state index in [-0.39, 0.29) is 23.8 Å². The van der Waals surface area contributed by atoms with Crippen LogP contribution in [0.25, 0.3) is 0 Å². The lowest BCUT2D eigenvalue weighted by atomic mass is 9.82. The molecule has 0 N–H and O–H groups in total. The van der Waals surface area contributed by atoms with E-state index in [1.807, 2.05) is 21.9 Å². The van der Waals surface area contributed by atoms with Gasteiger partial charge in [-0.25, -0.2) is 0 Å². The summed E-state index contributed by atoms with van der Waals surface area (Å²) in [6.07, 6.45) is 0.731. The molecule has 2 aromatic rings. The lowest BCUT2D eigenvalue weighted by Crippen LogP contribution is -2.62. The van der Waals surface area contributed by atoms with Gasteiger partial charge in [-0.15, -0.1) is 0 Å². The molecule has 2 amide bonds. The summed E-state index contributed by atoms with van der Waals surface area (Å²) < 4.78 is 5.50. The highest BCUT2D eigenvalue weighted by atomic mass is 16.5. The molecule has 5 rings (SSSR count). The summed E-state index contributed by atoms with van der Waals surface area (Å²) >= 11 is 0. The van der Waals surface area contributed by atoms with Crippen molar-refractivity contribution in [2.24, 2.45) is 5.92 Å². The van der Waals surface area contributed by atoms with Crippen molar-refractivity contribution >= 4 is 23.2 Å². The second-order valence-electron chi connectivity index (χ2n) is 9.18. The van der Waals surface area contributed by atoms with E-state index in [0.717, 1.165) is 31.8 Å². The SMILES string of the molecule is COc1ccc2c(c1)N1CCN(c3ccccc3)CC1C(C(=O)N1CCN(C(C)=O)CC1)C2. The van der Waals surface area contributed by atoms with Gasteiger partial charge in [-0.3, -0.25) is 9.59 Å². The van der Waals surface area contributed by atoms with Crippen molar-refractivity contribution in [2.75, 3.05) is 62.7 Å². The maximum atomic E-state index is 13.8. The van der Waals surface area contributed by atoms with Crippen LogP contribution in [0, 0.1) is 5.92 Å². The molecule has 33 heavy (non-hydrogen) atoms. The Morgan fingerprint density at radius 2 is 1.64 bits per heavy atom. The second-order valence-corrected chi connectivity index (χ2v) is 9.18. The van der Waals surface area contributed by atoms with Crippen LogP contribution >= 0.6 is 0 Å². The van der Waals surface area contributed by atoms with E-state index in [0.29, 0.717) is 26.2 Å². The standard InChI is InChI=1S/C26H32N4O3/c1-19(31)27-10-12-28(13-11-27)26(32)23-16-20-8-9-22(33-2)17-24(20)30-15-14-29(18-25(23)30)21-6-4-3-5-7-21/h3-9,17,23,25H,10-16,18H2,1-2H3. The second kappa shape index (κ2) is 8.96. The molecule has 2 atom stereocenters. The average molecular weight is 449 g/mol. The number of piperazine rings is 2. The van der Waals surface area contributed by atoms with E-state index >= 15 is 0 Å². The number of nitrogens with zero attached hydrogens (tertiary/aromatic N) is 4.